The fourth-order valence-electron chi connectivity index (χ4n) is 4.57. The molecule has 1 aliphatic carbocycles. The molecule has 0 saturated heterocycles. The van der Waals surface area contributed by atoms with E-state index in [4.69, 9.17) is 4.74 Å². The molecule has 6 heteroatoms. The van der Waals surface area contributed by atoms with Gasteiger partial charge in [0.25, 0.3) is 0 Å². The maximum atomic E-state index is 13.7. The lowest BCUT2D eigenvalue weighted by Gasteiger charge is -2.25. The summed E-state index contributed by atoms with van der Waals surface area (Å²) in [4.78, 5) is 66.3. The van der Waals surface area contributed by atoms with Crippen LogP contribution >= 0.6 is 0 Å². The van der Waals surface area contributed by atoms with E-state index >= 15 is 0 Å². The van der Waals surface area contributed by atoms with Crippen molar-refractivity contribution in [3.05, 3.63) is 101 Å². The number of methoxy groups -OCH3 is 1. The second-order valence-corrected chi connectivity index (χ2v) is 10.2. The summed E-state index contributed by atoms with van der Waals surface area (Å²) in [5.41, 5.74) is 1.61. The quantitative estimate of drug-likeness (QED) is 0.249. The van der Waals surface area contributed by atoms with E-state index < -0.39 is 40.8 Å². The summed E-state index contributed by atoms with van der Waals surface area (Å²) >= 11 is 0. The number of ketones is 5. The zero-order valence-electron chi connectivity index (χ0n) is 21.2. The summed E-state index contributed by atoms with van der Waals surface area (Å²) in [6.07, 6.45) is -0.386. The molecule has 3 aromatic carbocycles. The van der Waals surface area contributed by atoms with Crippen molar-refractivity contribution in [1.82, 2.24) is 0 Å². The van der Waals surface area contributed by atoms with Crippen molar-refractivity contribution in [2.24, 2.45) is 11.8 Å². The predicted molar refractivity (Wildman–Crippen MR) is 139 cm³/mol. The van der Waals surface area contributed by atoms with Gasteiger partial charge in [0, 0.05) is 22.3 Å². The van der Waals surface area contributed by atoms with Crippen molar-refractivity contribution in [1.29, 1.82) is 0 Å². The van der Waals surface area contributed by atoms with E-state index in [2.05, 4.69) is 20.8 Å². The van der Waals surface area contributed by atoms with Gasteiger partial charge in [0.05, 0.1) is 18.9 Å². The summed E-state index contributed by atoms with van der Waals surface area (Å²) in [5, 5.41) is 0. The van der Waals surface area contributed by atoms with Gasteiger partial charge < -0.3 is 4.74 Å². The Hall–Kier alpha value is -4.19. The van der Waals surface area contributed by atoms with Crippen LogP contribution in [0.25, 0.3) is 0 Å². The molecule has 4 rings (SSSR count). The number of rotatable bonds is 7. The van der Waals surface area contributed by atoms with Crippen molar-refractivity contribution in [3.63, 3.8) is 0 Å². The van der Waals surface area contributed by atoms with Crippen LogP contribution in [0.4, 0.5) is 0 Å². The van der Waals surface area contributed by atoms with E-state index in [0.717, 1.165) is 5.56 Å². The van der Waals surface area contributed by atoms with Crippen molar-refractivity contribution in [2.45, 2.75) is 32.6 Å². The standard InChI is InChI=1S/C31H28O6/c1-31(2,3)20-13-9-18(10-14-20)26(32)24(27(33)19-11-15-21(37-4)16-12-19)17-25-28(34)22-7-5-6-8-23(22)29(35)30(25)36/h5-16,24-25H,17H2,1-4H3. The summed E-state index contributed by atoms with van der Waals surface area (Å²) < 4.78 is 5.15. The number of Topliss-reactive ketones (excluding diaryl/α,β-unsaturated/α-hetero) is 5. The average molecular weight is 497 g/mol. The van der Waals surface area contributed by atoms with Gasteiger partial charge in [-0.1, -0.05) is 69.3 Å². The fraction of sp³-hybridized carbons (Fsp3) is 0.258. The molecule has 0 radical (unpaired) electrons. The SMILES string of the molecule is COc1ccc(C(=O)C(CC2C(=O)C(=O)c3ccccc3C2=O)C(=O)c2ccc(C(C)(C)C)cc2)cc1. The Labute approximate surface area is 215 Å². The largest absolute Gasteiger partial charge is 0.497 e. The smallest absolute Gasteiger partial charge is 0.230 e. The molecule has 2 atom stereocenters. The van der Waals surface area contributed by atoms with Gasteiger partial charge in [-0.15, -0.1) is 0 Å². The monoisotopic (exact) mass is 496 g/mol. The minimum atomic E-state index is -1.41. The second kappa shape index (κ2) is 10.1. The Balaban J connectivity index is 1.73. The Kier molecular flexibility index (Phi) is 7.03. The summed E-state index contributed by atoms with van der Waals surface area (Å²) in [7, 11) is 1.50. The van der Waals surface area contributed by atoms with Crippen LogP contribution in [0.3, 0.4) is 0 Å². The average Bonchev–Trinajstić information content (AvgIpc) is 2.91. The van der Waals surface area contributed by atoms with Gasteiger partial charge in [0.1, 0.15) is 5.75 Å². The highest BCUT2D eigenvalue weighted by Gasteiger charge is 2.43. The molecule has 0 bridgehead atoms. The number of benzene rings is 3. The van der Waals surface area contributed by atoms with Crippen molar-refractivity contribution in [3.8, 4) is 5.75 Å². The zero-order chi connectivity index (χ0) is 26.9. The van der Waals surface area contributed by atoms with Crippen molar-refractivity contribution >= 4 is 28.9 Å². The third-order valence-electron chi connectivity index (χ3n) is 6.81. The molecule has 0 amide bonds. The summed E-state index contributed by atoms with van der Waals surface area (Å²) in [5.74, 6) is -5.46. The van der Waals surface area contributed by atoms with Crippen molar-refractivity contribution in [2.75, 3.05) is 7.11 Å². The maximum Gasteiger partial charge on any atom is 0.230 e. The van der Waals surface area contributed by atoms with E-state index in [9.17, 15) is 24.0 Å². The van der Waals surface area contributed by atoms with E-state index in [0.29, 0.717) is 11.3 Å². The lowest BCUT2D eigenvalue weighted by atomic mass is 9.74. The molecule has 1 aliphatic rings. The minimum absolute atomic E-state index is 0.0517. The van der Waals surface area contributed by atoms with Gasteiger partial charge in [-0.05, 0) is 41.7 Å². The molecule has 6 nitrogen and oxygen atoms in total. The molecule has 0 N–H and O–H groups in total. The number of fused-ring (bicyclic) bond motifs is 1. The first-order chi connectivity index (χ1) is 17.5. The van der Waals surface area contributed by atoms with Crippen molar-refractivity contribution < 1.29 is 28.7 Å². The van der Waals surface area contributed by atoms with Crippen LogP contribution in [0.1, 0.15) is 74.2 Å². The molecule has 0 aliphatic heterocycles. The number of carbonyl (C=O) groups is 5. The van der Waals surface area contributed by atoms with E-state index in [1.807, 2.05) is 12.1 Å². The van der Waals surface area contributed by atoms with Gasteiger partial charge in [-0.25, -0.2) is 0 Å². The molecule has 2 unspecified atom stereocenters. The third kappa shape index (κ3) is 5.05. The summed E-state index contributed by atoms with van der Waals surface area (Å²) in [6.45, 7) is 6.15. The molecular weight excluding hydrogens is 468 g/mol. The Morgan fingerprint density at radius 3 is 1.78 bits per heavy atom. The highest BCUT2D eigenvalue weighted by molar-refractivity contribution is 6.51. The molecule has 0 aromatic heterocycles. The molecule has 0 heterocycles. The Morgan fingerprint density at radius 2 is 1.27 bits per heavy atom. The van der Waals surface area contributed by atoms with E-state index in [-0.39, 0.29) is 28.5 Å². The Morgan fingerprint density at radius 1 is 0.757 bits per heavy atom. The van der Waals surface area contributed by atoms with Gasteiger partial charge in [0.15, 0.2) is 17.3 Å². The molecule has 3 aromatic rings. The van der Waals surface area contributed by atoms with Crippen LogP contribution in [-0.4, -0.2) is 36.0 Å². The van der Waals surface area contributed by atoms with Crippen LogP contribution in [0.5, 0.6) is 5.75 Å². The third-order valence-corrected chi connectivity index (χ3v) is 6.81. The predicted octanol–water partition coefficient (Wildman–Crippen LogP) is 5.33. The topological polar surface area (TPSA) is 94.6 Å². The molecule has 0 fully saturated rings. The number of hydrogen-bond acceptors (Lipinski definition) is 6. The van der Waals surface area contributed by atoms with Gasteiger partial charge >= 0.3 is 0 Å². The highest BCUT2D eigenvalue weighted by atomic mass is 16.5. The molecular formula is C31H28O6. The maximum absolute atomic E-state index is 13.7. The van der Waals surface area contributed by atoms with Gasteiger partial charge in [-0.3, -0.25) is 24.0 Å². The first kappa shape index (κ1) is 25.9. The van der Waals surface area contributed by atoms with E-state index in [1.54, 1.807) is 36.4 Å². The van der Waals surface area contributed by atoms with Crippen LogP contribution in [-0.2, 0) is 10.2 Å². The number of hydrogen-bond donors (Lipinski definition) is 0. The first-order valence-electron chi connectivity index (χ1n) is 12.1. The summed E-state index contributed by atoms with van der Waals surface area (Å²) in [6, 6.07) is 19.4. The van der Waals surface area contributed by atoms with Crippen LogP contribution in [0.15, 0.2) is 72.8 Å². The lowest BCUT2D eigenvalue weighted by molar-refractivity contribution is -0.117. The molecule has 0 saturated carbocycles. The van der Waals surface area contributed by atoms with Gasteiger partial charge in [-0.2, -0.15) is 0 Å². The lowest BCUT2D eigenvalue weighted by Crippen LogP contribution is -2.40. The Bertz CT molecular complexity index is 1390. The van der Waals surface area contributed by atoms with Gasteiger partial charge in [0.2, 0.25) is 11.6 Å². The van der Waals surface area contributed by atoms with E-state index in [1.165, 1.54) is 31.4 Å². The normalized spacial score (nSPS) is 16.2. The molecule has 37 heavy (non-hydrogen) atoms. The fourth-order valence-corrected chi connectivity index (χ4v) is 4.57. The molecule has 188 valence electrons. The molecule has 0 spiro atoms. The zero-order valence-corrected chi connectivity index (χ0v) is 21.2. The van der Waals surface area contributed by atoms with Crippen LogP contribution in [0.2, 0.25) is 0 Å². The van der Waals surface area contributed by atoms with Crippen LogP contribution in [0, 0.1) is 11.8 Å². The first-order valence-corrected chi connectivity index (χ1v) is 12.1. The highest BCUT2D eigenvalue weighted by Crippen LogP contribution is 2.31. The number of carbonyl (C=O) groups excluding carboxylic acids is 5. The second-order valence-electron chi connectivity index (χ2n) is 10.2. The van der Waals surface area contributed by atoms with Crippen LogP contribution < -0.4 is 4.74 Å². The number of ether oxygens (including phenoxy) is 1. The minimum Gasteiger partial charge on any atom is -0.497 e.